The molecule has 37 heavy (non-hydrogen) atoms. The van der Waals surface area contributed by atoms with Crippen molar-refractivity contribution in [1.29, 1.82) is 5.26 Å². The zero-order chi connectivity index (χ0) is 25.4. The molecule has 6 heterocycles. The molecule has 4 aromatic rings. The van der Waals surface area contributed by atoms with Gasteiger partial charge in [-0.15, -0.1) is 0 Å². The van der Waals surface area contributed by atoms with Crippen molar-refractivity contribution in [2.24, 2.45) is 4.36 Å². The summed E-state index contributed by atoms with van der Waals surface area (Å²) in [6.07, 6.45) is 11.5. The molecule has 0 aromatic carbocycles. The van der Waals surface area contributed by atoms with Crippen LogP contribution in [0.15, 0.2) is 53.5 Å². The Labute approximate surface area is 216 Å². The van der Waals surface area contributed by atoms with Gasteiger partial charge in [0.2, 0.25) is 0 Å². The Kier molecular flexibility index (Phi) is 6.14. The number of fused-ring (bicyclic) bond motifs is 1. The van der Waals surface area contributed by atoms with E-state index in [0.29, 0.717) is 36.2 Å². The lowest BCUT2D eigenvalue weighted by Gasteiger charge is -2.29. The van der Waals surface area contributed by atoms with Gasteiger partial charge >= 0.3 is 0 Å². The molecule has 4 aromatic heterocycles. The monoisotopic (exact) mass is 515 g/mol. The first-order chi connectivity index (χ1) is 18.1. The number of anilines is 1. The van der Waals surface area contributed by atoms with Gasteiger partial charge in [0.1, 0.15) is 11.9 Å². The van der Waals surface area contributed by atoms with E-state index in [4.69, 9.17) is 4.98 Å². The van der Waals surface area contributed by atoms with Crippen LogP contribution in [0.1, 0.15) is 24.4 Å². The SMILES string of the molecule is CN=S1(=O)CCN(c2ccc(-c3cc(-c4cnn(C5CCNCC5)c4)cn4ncc(C#N)c34)cn2)CC1. The second kappa shape index (κ2) is 9.61. The van der Waals surface area contributed by atoms with E-state index in [1.807, 2.05) is 30.7 Å². The van der Waals surface area contributed by atoms with Crippen LogP contribution in [0.4, 0.5) is 5.82 Å². The van der Waals surface area contributed by atoms with E-state index in [1.165, 1.54) is 0 Å². The van der Waals surface area contributed by atoms with Crippen molar-refractivity contribution >= 4 is 21.1 Å². The molecule has 6 rings (SSSR count). The third-order valence-corrected chi connectivity index (χ3v) is 9.73. The average molecular weight is 516 g/mol. The molecule has 0 radical (unpaired) electrons. The summed E-state index contributed by atoms with van der Waals surface area (Å²) in [6, 6.07) is 8.79. The molecule has 10 nitrogen and oxygen atoms in total. The highest BCUT2D eigenvalue weighted by Gasteiger charge is 2.22. The molecule has 2 aliphatic heterocycles. The Bertz CT molecular complexity index is 1590. The van der Waals surface area contributed by atoms with Crippen molar-refractivity contribution in [3.63, 3.8) is 0 Å². The summed E-state index contributed by atoms with van der Waals surface area (Å²) in [6.45, 7) is 3.36. The zero-order valence-corrected chi connectivity index (χ0v) is 21.6. The van der Waals surface area contributed by atoms with Crippen molar-refractivity contribution < 1.29 is 4.21 Å². The third-order valence-electron chi connectivity index (χ3n) is 7.43. The highest BCUT2D eigenvalue weighted by molar-refractivity contribution is 7.93. The third kappa shape index (κ3) is 4.47. The van der Waals surface area contributed by atoms with E-state index in [1.54, 1.807) is 17.8 Å². The number of hydrogen-bond acceptors (Lipinski definition) is 8. The van der Waals surface area contributed by atoms with Crippen LogP contribution < -0.4 is 10.2 Å². The van der Waals surface area contributed by atoms with Gasteiger partial charge in [-0.1, -0.05) is 0 Å². The second-order valence-electron chi connectivity index (χ2n) is 9.55. The van der Waals surface area contributed by atoms with Crippen LogP contribution in [0.2, 0.25) is 0 Å². The summed E-state index contributed by atoms with van der Waals surface area (Å²) in [5.74, 6) is 1.97. The molecule has 0 saturated carbocycles. The highest BCUT2D eigenvalue weighted by Crippen LogP contribution is 2.33. The topological polar surface area (TPSA) is 117 Å². The Hall–Kier alpha value is -3.75. The zero-order valence-electron chi connectivity index (χ0n) is 20.7. The maximum atomic E-state index is 12.5. The molecule has 0 amide bonds. The number of nitrogens with one attached hydrogen (secondary N) is 1. The summed E-state index contributed by atoms with van der Waals surface area (Å²) < 4.78 is 20.5. The first-order valence-corrected chi connectivity index (χ1v) is 14.4. The van der Waals surface area contributed by atoms with Crippen LogP contribution >= 0.6 is 0 Å². The number of hydrogen-bond donors (Lipinski definition) is 1. The average Bonchev–Trinajstić information content (AvgIpc) is 3.61. The molecule has 0 spiro atoms. The molecular weight excluding hydrogens is 486 g/mol. The molecule has 0 atom stereocenters. The maximum absolute atomic E-state index is 12.5. The molecular formula is C26H29N9OS. The minimum Gasteiger partial charge on any atom is -0.355 e. The Morgan fingerprint density at radius 3 is 2.57 bits per heavy atom. The normalized spacial score (nSPS) is 18.1. The lowest BCUT2D eigenvalue weighted by molar-refractivity contribution is 0.343. The summed E-state index contributed by atoms with van der Waals surface area (Å²) in [4.78, 5) is 6.89. The fourth-order valence-electron chi connectivity index (χ4n) is 5.20. The van der Waals surface area contributed by atoms with E-state index in [0.717, 1.165) is 59.5 Å². The fourth-order valence-corrected chi connectivity index (χ4v) is 6.78. The number of nitrogens with zero attached hydrogens (tertiary/aromatic N) is 8. The van der Waals surface area contributed by atoms with Gasteiger partial charge in [0.05, 0.1) is 29.5 Å². The predicted molar refractivity (Wildman–Crippen MR) is 144 cm³/mol. The van der Waals surface area contributed by atoms with E-state index in [9.17, 15) is 9.47 Å². The minimum absolute atomic E-state index is 0.402. The molecule has 2 aliphatic rings. The number of rotatable bonds is 4. The molecule has 0 aliphatic carbocycles. The van der Waals surface area contributed by atoms with E-state index >= 15 is 0 Å². The minimum atomic E-state index is -2.08. The van der Waals surface area contributed by atoms with E-state index < -0.39 is 9.73 Å². The Morgan fingerprint density at radius 2 is 1.86 bits per heavy atom. The quantitative estimate of drug-likeness (QED) is 0.444. The van der Waals surface area contributed by atoms with Gasteiger partial charge < -0.3 is 10.2 Å². The molecule has 0 bridgehead atoms. The van der Waals surface area contributed by atoms with Gasteiger partial charge in [0, 0.05) is 82.2 Å². The van der Waals surface area contributed by atoms with E-state index in [-0.39, 0.29) is 0 Å². The highest BCUT2D eigenvalue weighted by atomic mass is 32.2. The number of nitriles is 1. The number of pyridine rings is 2. The Balaban J connectivity index is 1.35. The van der Waals surface area contributed by atoms with Crippen LogP contribution in [-0.4, -0.2) is 73.3 Å². The standard InChI is InChI=1S/C26H29N9OS/c1-28-37(36)10-8-33(9-11-37)25-3-2-19(14-30-25)24-12-20(17-35-26(24)21(13-27)15-32-35)22-16-31-34(18-22)23-4-6-29-7-5-23/h2-3,12,14-18,23,29H,4-11H2,1H3. The molecule has 1 N–H and O–H groups in total. The van der Waals surface area contributed by atoms with Gasteiger partial charge in [-0.3, -0.25) is 4.68 Å². The van der Waals surface area contributed by atoms with E-state index in [2.05, 4.69) is 47.8 Å². The first-order valence-electron chi connectivity index (χ1n) is 12.6. The van der Waals surface area contributed by atoms with Crippen molar-refractivity contribution in [3.05, 3.63) is 54.7 Å². The van der Waals surface area contributed by atoms with Crippen molar-refractivity contribution in [1.82, 2.24) is 29.7 Å². The second-order valence-corrected chi connectivity index (χ2v) is 12.3. The Morgan fingerprint density at radius 1 is 1.05 bits per heavy atom. The smallest absolute Gasteiger partial charge is 0.128 e. The van der Waals surface area contributed by atoms with Crippen LogP contribution in [-0.2, 0) is 9.73 Å². The van der Waals surface area contributed by atoms with Gasteiger partial charge in [-0.25, -0.2) is 18.1 Å². The predicted octanol–water partition coefficient (Wildman–Crippen LogP) is 2.97. The molecule has 0 unspecified atom stereocenters. The van der Waals surface area contributed by atoms with Crippen LogP contribution in [0.5, 0.6) is 0 Å². The number of piperidine rings is 1. The summed E-state index contributed by atoms with van der Waals surface area (Å²) >= 11 is 0. The van der Waals surface area contributed by atoms with Crippen molar-refractivity contribution in [2.75, 3.05) is 49.6 Å². The van der Waals surface area contributed by atoms with Crippen LogP contribution in [0.3, 0.4) is 0 Å². The molecule has 2 fully saturated rings. The van der Waals surface area contributed by atoms with Crippen molar-refractivity contribution in [2.45, 2.75) is 18.9 Å². The summed E-state index contributed by atoms with van der Waals surface area (Å²) in [7, 11) is -0.434. The molecule has 2 saturated heterocycles. The van der Waals surface area contributed by atoms with Gasteiger partial charge in [-0.05, 0) is 44.1 Å². The lowest BCUT2D eigenvalue weighted by Crippen LogP contribution is -2.40. The molecule has 11 heteroatoms. The maximum Gasteiger partial charge on any atom is 0.128 e. The van der Waals surface area contributed by atoms with Crippen molar-refractivity contribution in [3.8, 4) is 28.3 Å². The van der Waals surface area contributed by atoms with Gasteiger partial charge in [0.25, 0.3) is 0 Å². The summed E-state index contributed by atoms with van der Waals surface area (Å²) in [5, 5.41) is 22.3. The lowest BCUT2D eigenvalue weighted by atomic mass is 10.0. The summed E-state index contributed by atoms with van der Waals surface area (Å²) in [5.41, 5.74) is 5.07. The van der Waals surface area contributed by atoms with Crippen LogP contribution in [0.25, 0.3) is 27.8 Å². The van der Waals surface area contributed by atoms with Crippen LogP contribution in [0, 0.1) is 11.3 Å². The molecule has 190 valence electrons. The van der Waals surface area contributed by atoms with Gasteiger partial charge in [-0.2, -0.15) is 15.5 Å². The van der Waals surface area contributed by atoms with Gasteiger partial charge in [0.15, 0.2) is 0 Å². The fraction of sp³-hybridized carbons (Fsp3) is 0.385. The number of aromatic nitrogens is 5. The largest absolute Gasteiger partial charge is 0.355 e. The first kappa shape index (κ1) is 23.6.